The third kappa shape index (κ3) is 3.78. The fraction of sp³-hybridized carbons (Fsp3) is 0.450. The first-order chi connectivity index (χ1) is 14.5. The van der Waals surface area contributed by atoms with Crippen LogP contribution in [-0.2, 0) is 13.0 Å². The van der Waals surface area contributed by atoms with Gasteiger partial charge in [-0.05, 0) is 18.7 Å². The Kier molecular flexibility index (Phi) is 5.49. The van der Waals surface area contributed by atoms with Crippen molar-refractivity contribution in [3.05, 3.63) is 56.9 Å². The summed E-state index contributed by atoms with van der Waals surface area (Å²) < 4.78 is 0. The molecule has 0 spiro atoms. The van der Waals surface area contributed by atoms with E-state index in [0.29, 0.717) is 37.3 Å². The molecule has 1 saturated heterocycles. The number of aromatic amines is 1. The molecule has 0 saturated carbocycles. The molecular weight excluding hydrogens is 388 g/mol. The van der Waals surface area contributed by atoms with Crippen LogP contribution in [0.4, 0.5) is 5.69 Å². The van der Waals surface area contributed by atoms with Gasteiger partial charge in [0.25, 0.3) is 17.5 Å². The molecule has 1 aromatic heterocycles. The molecular formula is C20H24N6O4. The number of nitrogens with one attached hydrogen (secondary N) is 1. The van der Waals surface area contributed by atoms with Crippen molar-refractivity contribution in [2.24, 2.45) is 0 Å². The highest BCUT2D eigenvalue weighted by atomic mass is 16.6. The summed E-state index contributed by atoms with van der Waals surface area (Å²) in [5, 5.41) is 18.1. The Hall–Kier alpha value is -3.27. The normalized spacial score (nSPS) is 17.0. The third-order valence-corrected chi connectivity index (χ3v) is 5.86. The Morgan fingerprint density at radius 3 is 2.40 bits per heavy atom. The number of non-ortho nitro benzene ring substituents is 1. The molecule has 10 nitrogen and oxygen atoms in total. The summed E-state index contributed by atoms with van der Waals surface area (Å²) >= 11 is 0. The predicted molar refractivity (Wildman–Crippen MR) is 108 cm³/mol. The number of likely N-dealkylation sites (N-methyl/N-ethyl adjacent to an activating group) is 1. The minimum Gasteiger partial charge on any atom is -0.335 e. The summed E-state index contributed by atoms with van der Waals surface area (Å²) in [6.45, 7) is 6.89. The van der Waals surface area contributed by atoms with Gasteiger partial charge in [0, 0.05) is 68.1 Å². The molecule has 1 fully saturated rings. The van der Waals surface area contributed by atoms with E-state index in [-0.39, 0.29) is 24.0 Å². The lowest BCUT2D eigenvalue weighted by Gasteiger charge is -2.34. The van der Waals surface area contributed by atoms with E-state index in [1.807, 2.05) is 4.90 Å². The number of aromatic nitrogens is 2. The van der Waals surface area contributed by atoms with Crippen molar-refractivity contribution >= 4 is 17.5 Å². The maximum atomic E-state index is 13.0. The molecule has 0 aliphatic carbocycles. The number of hydrogen-bond acceptors (Lipinski definition) is 6. The van der Waals surface area contributed by atoms with Crippen molar-refractivity contribution in [1.82, 2.24) is 24.9 Å². The van der Waals surface area contributed by atoms with Gasteiger partial charge in [-0.3, -0.25) is 24.8 Å². The van der Waals surface area contributed by atoms with Crippen molar-refractivity contribution in [1.29, 1.82) is 0 Å². The van der Waals surface area contributed by atoms with Crippen molar-refractivity contribution in [3.8, 4) is 0 Å². The average molecular weight is 412 g/mol. The van der Waals surface area contributed by atoms with Gasteiger partial charge >= 0.3 is 0 Å². The maximum Gasteiger partial charge on any atom is 0.274 e. The molecule has 2 aliphatic rings. The number of piperazine rings is 1. The number of nitro benzene ring substituents is 1. The molecule has 2 aliphatic heterocycles. The van der Waals surface area contributed by atoms with Gasteiger partial charge in [-0.15, -0.1) is 0 Å². The van der Waals surface area contributed by atoms with E-state index in [2.05, 4.69) is 22.0 Å². The molecule has 3 heterocycles. The van der Waals surface area contributed by atoms with Crippen LogP contribution in [0.2, 0.25) is 0 Å². The first kappa shape index (κ1) is 20.0. The van der Waals surface area contributed by atoms with Crippen LogP contribution >= 0.6 is 0 Å². The van der Waals surface area contributed by atoms with E-state index < -0.39 is 4.92 Å². The topological polar surface area (TPSA) is 116 Å². The lowest BCUT2D eigenvalue weighted by atomic mass is 10.0. The molecule has 0 unspecified atom stereocenters. The number of hydrogen-bond donors (Lipinski definition) is 1. The minimum absolute atomic E-state index is 0.0571. The molecule has 4 rings (SSSR count). The van der Waals surface area contributed by atoms with Gasteiger partial charge in [0.1, 0.15) is 0 Å². The molecule has 1 aromatic carbocycles. The molecule has 0 bridgehead atoms. The van der Waals surface area contributed by atoms with Crippen molar-refractivity contribution in [2.45, 2.75) is 19.9 Å². The number of nitro groups is 1. The van der Waals surface area contributed by atoms with Gasteiger partial charge in [-0.2, -0.15) is 5.10 Å². The molecule has 1 N–H and O–H groups in total. The molecule has 2 amide bonds. The highest BCUT2D eigenvalue weighted by Gasteiger charge is 2.31. The van der Waals surface area contributed by atoms with Gasteiger partial charge in [-0.25, -0.2) is 0 Å². The molecule has 2 aromatic rings. The average Bonchev–Trinajstić information content (AvgIpc) is 3.21. The van der Waals surface area contributed by atoms with Crippen LogP contribution in [0.1, 0.15) is 39.0 Å². The van der Waals surface area contributed by atoms with Crippen LogP contribution in [0.3, 0.4) is 0 Å². The molecule has 10 heteroatoms. The Morgan fingerprint density at radius 2 is 1.77 bits per heavy atom. The number of H-pyrrole nitrogens is 1. The lowest BCUT2D eigenvalue weighted by Crippen LogP contribution is -2.48. The van der Waals surface area contributed by atoms with E-state index in [0.717, 1.165) is 30.9 Å². The van der Waals surface area contributed by atoms with Crippen molar-refractivity contribution < 1.29 is 14.5 Å². The number of fused-ring (bicyclic) bond motifs is 1. The number of carbonyl (C=O) groups excluding carboxylic acids is 2. The Bertz CT molecular complexity index is 962. The summed E-state index contributed by atoms with van der Waals surface area (Å²) in [5.74, 6) is -0.320. The zero-order valence-electron chi connectivity index (χ0n) is 16.8. The summed E-state index contributed by atoms with van der Waals surface area (Å²) in [4.78, 5) is 42.0. The smallest absolute Gasteiger partial charge is 0.274 e. The van der Waals surface area contributed by atoms with Gasteiger partial charge < -0.3 is 14.7 Å². The van der Waals surface area contributed by atoms with E-state index in [1.165, 1.54) is 24.3 Å². The maximum absolute atomic E-state index is 13.0. The first-order valence-corrected chi connectivity index (χ1v) is 10.1. The quantitative estimate of drug-likeness (QED) is 0.598. The van der Waals surface area contributed by atoms with Crippen LogP contribution in [0.25, 0.3) is 0 Å². The number of amides is 2. The zero-order valence-corrected chi connectivity index (χ0v) is 16.8. The second-order valence-electron chi connectivity index (χ2n) is 7.54. The second-order valence-corrected chi connectivity index (χ2v) is 7.54. The number of nitrogens with zero attached hydrogens (tertiary/aromatic N) is 5. The fourth-order valence-electron chi connectivity index (χ4n) is 3.97. The Morgan fingerprint density at radius 1 is 1.07 bits per heavy atom. The van der Waals surface area contributed by atoms with Crippen molar-refractivity contribution in [2.75, 3.05) is 39.3 Å². The molecule has 0 radical (unpaired) electrons. The van der Waals surface area contributed by atoms with E-state index >= 15 is 0 Å². The first-order valence-electron chi connectivity index (χ1n) is 10.1. The monoisotopic (exact) mass is 412 g/mol. The van der Waals surface area contributed by atoms with Crippen LogP contribution in [0, 0.1) is 10.1 Å². The van der Waals surface area contributed by atoms with Gasteiger partial charge in [0.05, 0.1) is 11.5 Å². The summed E-state index contributed by atoms with van der Waals surface area (Å²) in [6, 6.07) is 5.58. The van der Waals surface area contributed by atoms with Gasteiger partial charge in [-0.1, -0.05) is 6.92 Å². The highest BCUT2D eigenvalue weighted by molar-refractivity contribution is 5.96. The number of benzene rings is 1. The second kappa shape index (κ2) is 8.23. The zero-order chi connectivity index (χ0) is 21.3. The number of carbonyl (C=O) groups is 2. The van der Waals surface area contributed by atoms with E-state index in [1.54, 1.807) is 4.90 Å². The van der Waals surface area contributed by atoms with Crippen molar-refractivity contribution in [3.63, 3.8) is 0 Å². The number of rotatable bonds is 4. The van der Waals surface area contributed by atoms with Crippen LogP contribution < -0.4 is 0 Å². The Balaban J connectivity index is 1.48. The molecule has 30 heavy (non-hydrogen) atoms. The van der Waals surface area contributed by atoms with Crippen LogP contribution in [0.15, 0.2) is 24.3 Å². The highest BCUT2D eigenvalue weighted by Crippen LogP contribution is 2.24. The summed E-state index contributed by atoms with van der Waals surface area (Å²) in [7, 11) is 0. The van der Waals surface area contributed by atoms with Crippen LogP contribution in [0.5, 0.6) is 0 Å². The summed E-state index contributed by atoms with van der Waals surface area (Å²) in [5.41, 5.74) is 2.36. The van der Waals surface area contributed by atoms with E-state index in [4.69, 9.17) is 0 Å². The van der Waals surface area contributed by atoms with Crippen LogP contribution in [-0.4, -0.2) is 80.9 Å². The summed E-state index contributed by atoms with van der Waals surface area (Å²) in [6.07, 6.45) is 0.581. The fourth-order valence-corrected chi connectivity index (χ4v) is 3.97. The van der Waals surface area contributed by atoms with E-state index in [9.17, 15) is 19.7 Å². The predicted octanol–water partition coefficient (Wildman–Crippen LogP) is 1.29. The molecule has 158 valence electrons. The standard InChI is InChI=1S/C20H24N6O4/c1-2-23-9-11-24(12-10-23)20(28)18-16-13-25(8-7-17(16)21-22-18)19(27)14-3-5-15(6-4-14)26(29)30/h3-6H,2,7-13H2,1H3,(H,21,22). The molecule has 0 atom stereocenters. The largest absolute Gasteiger partial charge is 0.335 e. The third-order valence-electron chi connectivity index (χ3n) is 5.86. The van der Waals surface area contributed by atoms with Gasteiger partial charge in [0.15, 0.2) is 5.69 Å². The minimum atomic E-state index is -0.495. The Labute approximate surface area is 173 Å². The van der Waals surface area contributed by atoms with Gasteiger partial charge in [0.2, 0.25) is 0 Å². The SMILES string of the molecule is CCN1CCN(C(=O)c2n[nH]c3c2CN(C(=O)c2ccc([N+](=O)[O-])cc2)CC3)CC1. The lowest BCUT2D eigenvalue weighted by molar-refractivity contribution is -0.384.